The van der Waals surface area contributed by atoms with Crippen LogP contribution in [0.5, 0.6) is 5.75 Å². The summed E-state index contributed by atoms with van der Waals surface area (Å²) in [6.45, 7) is 0. The minimum atomic E-state index is -1.31. The predicted octanol–water partition coefficient (Wildman–Crippen LogP) is 0.843. The number of para-hydroxylation sites is 1. The van der Waals surface area contributed by atoms with Gasteiger partial charge in [0.05, 0.1) is 6.42 Å². The van der Waals surface area contributed by atoms with Gasteiger partial charge in [0.25, 0.3) is 5.56 Å². The van der Waals surface area contributed by atoms with Crippen molar-refractivity contribution in [1.82, 2.24) is 9.78 Å². The summed E-state index contributed by atoms with van der Waals surface area (Å²) >= 11 is 0. The fourth-order valence-electron chi connectivity index (χ4n) is 1.60. The lowest BCUT2D eigenvalue weighted by atomic mass is 10.2. The second kappa shape index (κ2) is 5.08. The van der Waals surface area contributed by atoms with E-state index in [1.807, 2.05) is 0 Å². The third-order valence-corrected chi connectivity index (χ3v) is 2.45. The van der Waals surface area contributed by atoms with Gasteiger partial charge in [0.2, 0.25) is 0 Å². The molecule has 2 rings (SSSR count). The summed E-state index contributed by atoms with van der Waals surface area (Å²) in [7, 11) is 0. The molecule has 0 aliphatic rings. The molecule has 0 bridgehead atoms. The largest absolute Gasteiger partial charge is 0.506 e. The fourth-order valence-corrected chi connectivity index (χ4v) is 1.60. The van der Waals surface area contributed by atoms with Crippen molar-refractivity contribution in [3.05, 3.63) is 51.9 Å². The summed E-state index contributed by atoms with van der Waals surface area (Å²) in [5.74, 6) is -4.03. The second-order valence-electron chi connectivity index (χ2n) is 3.87. The molecule has 6 nitrogen and oxygen atoms in total. The van der Waals surface area contributed by atoms with Crippen LogP contribution < -0.4 is 5.56 Å². The number of carbonyl (C=O) groups is 1. The first-order chi connectivity index (χ1) is 9.40. The molecule has 0 aliphatic carbocycles. The molecule has 0 amide bonds. The van der Waals surface area contributed by atoms with E-state index >= 15 is 0 Å². The van der Waals surface area contributed by atoms with Crippen LogP contribution in [0.1, 0.15) is 5.69 Å². The van der Waals surface area contributed by atoms with Crippen LogP contribution in [-0.2, 0) is 11.2 Å². The van der Waals surface area contributed by atoms with E-state index in [0.717, 1.165) is 18.2 Å². The van der Waals surface area contributed by atoms with Gasteiger partial charge in [-0.05, 0) is 12.1 Å². The maximum Gasteiger partial charge on any atom is 0.309 e. The van der Waals surface area contributed by atoms with Crippen LogP contribution in [0.4, 0.5) is 8.78 Å². The van der Waals surface area contributed by atoms with Crippen molar-refractivity contribution >= 4 is 5.97 Å². The van der Waals surface area contributed by atoms with Crippen molar-refractivity contribution in [2.24, 2.45) is 0 Å². The smallest absolute Gasteiger partial charge is 0.309 e. The molecule has 2 N–H and O–H groups in total. The predicted molar refractivity (Wildman–Crippen MR) is 62.8 cm³/mol. The molecule has 0 saturated carbocycles. The van der Waals surface area contributed by atoms with E-state index in [1.165, 1.54) is 0 Å². The summed E-state index contributed by atoms with van der Waals surface area (Å²) in [6.07, 6.45) is -0.692. The summed E-state index contributed by atoms with van der Waals surface area (Å²) in [5.41, 5.74) is -2.09. The number of hydrogen-bond donors (Lipinski definition) is 2. The molecule has 0 fully saturated rings. The highest BCUT2D eigenvalue weighted by Crippen LogP contribution is 2.17. The first-order valence-electron chi connectivity index (χ1n) is 5.38. The molecule has 1 aromatic heterocycles. The van der Waals surface area contributed by atoms with Crippen LogP contribution in [0.2, 0.25) is 0 Å². The average molecular weight is 282 g/mol. The molecular weight excluding hydrogens is 274 g/mol. The summed E-state index contributed by atoms with van der Waals surface area (Å²) in [6, 6.07) is 3.61. The van der Waals surface area contributed by atoms with E-state index in [4.69, 9.17) is 5.11 Å². The van der Waals surface area contributed by atoms with Crippen molar-refractivity contribution < 1.29 is 23.8 Å². The van der Waals surface area contributed by atoms with Gasteiger partial charge in [-0.2, -0.15) is 9.78 Å². The molecule has 0 saturated heterocycles. The number of aromatic nitrogens is 2. The normalized spacial score (nSPS) is 10.5. The van der Waals surface area contributed by atoms with Gasteiger partial charge in [0, 0.05) is 6.07 Å². The average Bonchev–Trinajstić information content (AvgIpc) is 2.33. The van der Waals surface area contributed by atoms with E-state index < -0.39 is 41.0 Å². The van der Waals surface area contributed by atoms with Gasteiger partial charge >= 0.3 is 5.97 Å². The van der Waals surface area contributed by atoms with Crippen LogP contribution in [-0.4, -0.2) is 26.0 Å². The van der Waals surface area contributed by atoms with Gasteiger partial charge in [0.1, 0.15) is 17.1 Å². The van der Waals surface area contributed by atoms with Crippen LogP contribution in [0.25, 0.3) is 5.69 Å². The van der Waals surface area contributed by atoms with E-state index in [1.54, 1.807) is 0 Å². The zero-order valence-electron chi connectivity index (χ0n) is 9.88. The van der Waals surface area contributed by atoms with Gasteiger partial charge in [-0.15, -0.1) is 0 Å². The summed E-state index contributed by atoms with van der Waals surface area (Å²) in [4.78, 5) is 22.2. The molecular formula is C12H8F2N2O4. The van der Waals surface area contributed by atoms with Crippen molar-refractivity contribution in [3.63, 3.8) is 0 Å². The van der Waals surface area contributed by atoms with Gasteiger partial charge in [0.15, 0.2) is 11.6 Å². The van der Waals surface area contributed by atoms with E-state index in [2.05, 4.69) is 5.10 Å². The Balaban J connectivity index is 2.68. The summed E-state index contributed by atoms with van der Waals surface area (Å²) < 4.78 is 27.6. The first kappa shape index (κ1) is 13.7. The van der Waals surface area contributed by atoms with E-state index in [-0.39, 0.29) is 5.69 Å². The molecule has 1 heterocycles. The minimum Gasteiger partial charge on any atom is -0.506 e. The number of aliphatic carboxylic acids is 1. The molecule has 2 aromatic rings. The van der Waals surface area contributed by atoms with Gasteiger partial charge in [-0.1, -0.05) is 6.07 Å². The third kappa shape index (κ3) is 2.48. The third-order valence-electron chi connectivity index (χ3n) is 2.45. The van der Waals surface area contributed by atoms with Crippen molar-refractivity contribution in [1.29, 1.82) is 0 Å². The van der Waals surface area contributed by atoms with Gasteiger partial charge in [-0.3, -0.25) is 9.59 Å². The molecule has 20 heavy (non-hydrogen) atoms. The molecule has 104 valence electrons. The quantitative estimate of drug-likeness (QED) is 0.870. The standard InChI is InChI=1S/C12H8F2N2O4/c13-6-2-1-3-7(14)12(6)16-10(18)5-9(17)8(15-16)4-11(19)20/h1-3,5,17H,4H2,(H,19,20). The zero-order chi connectivity index (χ0) is 14.9. The zero-order valence-corrected chi connectivity index (χ0v) is 9.88. The Morgan fingerprint density at radius 1 is 1.30 bits per heavy atom. The number of aromatic hydroxyl groups is 1. The SMILES string of the molecule is O=C(O)Cc1nn(-c2c(F)cccc2F)c(=O)cc1O. The molecule has 0 atom stereocenters. The molecule has 0 radical (unpaired) electrons. The number of rotatable bonds is 3. The number of carboxylic acid groups (broad SMARTS) is 1. The van der Waals surface area contributed by atoms with Crippen molar-refractivity contribution in [3.8, 4) is 11.4 Å². The van der Waals surface area contributed by atoms with E-state index in [9.17, 15) is 23.5 Å². The monoisotopic (exact) mass is 282 g/mol. The van der Waals surface area contributed by atoms with E-state index in [0.29, 0.717) is 10.7 Å². The van der Waals surface area contributed by atoms with Crippen LogP contribution >= 0.6 is 0 Å². The highest BCUT2D eigenvalue weighted by molar-refractivity contribution is 5.70. The molecule has 0 unspecified atom stereocenters. The number of nitrogens with zero attached hydrogens (tertiary/aromatic N) is 2. The highest BCUT2D eigenvalue weighted by atomic mass is 19.1. The van der Waals surface area contributed by atoms with Crippen LogP contribution in [0.3, 0.4) is 0 Å². The minimum absolute atomic E-state index is 0.375. The van der Waals surface area contributed by atoms with Crippen molar-refractivity contribution in [2.45, 2.75) is 6.42 Å². The lowest BCUT2D eigenvalue weighted by Crippen LogP contribution is -2.24. The fraction of sp³-hybridized carbons (Fsp3) is 0.0833. The Hall–Kier alpha value is -2.77. The number of carboxylic acids is 1. The van der Waals surface area contributed by atoms with Crippen LogP contribution in [0, 0.1) is 11.6 Å². The molecule has 0 aliphatic heterocycles. The Kier molecular flexibility index (Phi) is 3.47. The maximum absolute atomic E-state index is 13.6. The topological polar surface area (TPSA) is 92.4 Å². The first-order valence-corrected chi connectivity index (χ1v) is 5.38. The van der Waals surface area contributed by atoms with Gasteiger partial charge in [-0.25, -0.2) is 8.78 Å². The Morgan fingerprint density at radius 2 is 1.90 bits per heavy atom. The number of halogens is 2. The second-order valence-corrected chi connectivity index (χ2v) is 3.87. The molecule has 8 heteroatoms. The molecule has 1 aromatic carbocycles. The Morgan fingerprint density at radius 3 is 2.45 bits per heavy atom. The highest BCUT2D eigenvalue weighted by Gasteiger charge is 2.17. The maximum atomic E-state index is 13.6. The Bertz CT molecular complexity index is 722. The summed E-state index contributed by atoms with van der Waals surface area (Å²) in [5, 5.41) is 21.6. The Labute approximate surface area is 110 Å². The lowest BCUT2D eigenvalue weighted by molar-refractivity contribution is -0.136. The van der Waals surface area contributed by atoms with Crippen molar-refractivity contribution in [2.75, 3.05) is 0 Å². The molecule has 0 spiro atoms. The van der Waals surface area contributed by atoms with Gasteiger partial charge < -0.3 is 10.2 Å². The number of benzene rings is 1. The lowest BCUT2D eigenvalue weighted by Gasteiger charge is -2.09. The van der Waals surface area contributed by atoms with Crippen LogP contribution in [0.15, 0.2) is 29.1 Å². The number of hydrogen-bond acceptors (Lipinski definition) is 4.